The SMILES string of the molecule is CCN1C(=O)CC(C(=O)O)(n2cccc2C(=O)C(Cl)(Cl)Cl)C1=O. The molecule has 2 heterocycles. The molecule has 2 amide bonds. The van der Waals surface area contributed by atoms with Crippen LogP contribution < -0.4 is 0 Å². The van der Waals surface area contributed by atoms with Gasteiger partial charge in [-0.1, -0.05) is 34.8 Å². The highest BCUT2D eigenvalue weighted by Crippen LogP contribution is 2.37. The van der Waals surface area contributed by atoms with Crippen molar-refractivity contribution in [1.29, 1.82) is 0 Å². The second kappa shape index (κ2) is 5.81. The van der Waals surface area contributed by atoms with Crippen molar-refractivity contribution in [2.24, 2.45) is 0 Å². The number of nitrogens with zero attached hydrogens (tertiary/aromatic N) is 2. The molecule has 1 unspecified atom stereocenters. The Balaban J connectivity index is 2.66. The number of imide groups is 1. The van der Waals surface area contributed by atoms with Gasteiger partial charge in [-0.25, -0.2) is 4.79 Å². The molecule has 124 valence electrons. The van der Waals surface area contributed by atoms with Crippen LogP contribution >= 0.6 is 34.8 Å². The Morgan fingerprint density at radius 3 is 2.39 bits per heavy atom. The van der Waals surface area contributed by atoms with Gasteiger partial charge in [0.15, 0.2) is 0 Å². The maximum absolute atomic E-state index is 12.5. The lowest BCUT2D eigenvalue weighted by Crippen LogP contribution is -2.50. The normalized spacial score (nSPS) is 21.8. The van der Waals surface area contributed by atoms with Gasteiger partial charge in [-0.3, -0.25) is 19.3 Å². The summed E-state index contributed by atoms with van der Waals surface area (Å²) in [6.07, 6.45) is 0.575. The lowest BCUT2D eigenvalue weighted by molar-refractivity contribution is -0.154. The average Bonchev–Trinajstić information content (AvgIpc) is 3.00. The molecule has 1 aliphatic rings. The van der Waals surface area contributed by atoms with Crippen LogP contribution in [0.15, 0.2) is 18.3 Å². The highest BCUT2D eigenvalue weighted by molar-refractivity contribution is 6.77. The average molecular weight is 382 g/mol. The Kier molecular flexibility index (Phi) is 4.49. The minimum Gasteiger partial charge on any atom is -0.479 e. The third-order valence-corrected chi connectivity index (χ3v) is 4.14. The number of aromatic nitrogens is 1. The van der Waals surface area contributed by atoms with Gasteiger partial charge in [-0.05, 0) is 19.1 Å². The number of rotatable bonds is 4. The molecule has 2 rings (SSSR count). The van der Waals surface area contributed by atoms with Gasteiger partial charge < -0.3 is 9.67 Å². The Morgan fingerprint density at radius 2 is 1.96 bits per heavy atom. The summed E-state index contributed by atoms with van der Waals surface area (Å²) in [4.78, 5) is 49.3. The molecule has 1 aliphatic heterocycles. The molecule has 1 atom stereocenters. The van der Waals surface area contributed by atoms with Crippen LogP contribution in [-0.2, 0) is 19.9 Å². The van der Waals surface area contributed by atoms with E-state index in [1.165, 1.54) is 25.3 Å². The Labute approximate surface area is 145 Å². The fourth-order valence-electron chi connectivity index (χ4n) is 2.55. The van der Waals surface area contributed by atoms with Crippen LogP contribution in [0.4, 0.5) is 0 Å². The highest BCUT2D eigenvalue weighted by Gasteiger charge is 2.59. The standard InChI is InChI=1S/C13H11Cl3N2O5/c1-2-17-8(19)6-12(10(17)21,11(22)23)18-5-3-4-7(18)9(20)13(14,15)16/h3-5H,2,6H2,1H3,(H,22,23). The maximum atomic E-state index is 12.5. The second-order valence-corrected chi connectivity index (χ2v) is 7.16. The number of carboxylic acids is 1. The Bertz CT molecular complexity index is 709. The summed E-state index contributed by atoms with van der Waals surface area (Å²) in [5.74, 6) is -4.15. The summed E-state index contributed by atoms with van der Waals surface area (Å²) < 4.78 is -1.44. The van der Waals surface area contributed by atoms with E-state index in [0.717, 1.165) is 9.47 Å². The third-order valence-electron chi connectivity index (χ3n) is 3.63. The van der Waals surface area contributed by atoms with Crippen LogP contribution in [0.5, 0.6) is 0 Å². The smallest absolute Gasteiger partial charge is 0.340 e. The van der Waals surface area contributed by atoms with Crippen LogP contribution in [0.25, 0.3) is 0 Å². The van der Waals surface area contributed by atoms with Gasteiger partial charge in [0.05, 0.1) is 12.1 Å². The predicted molar refractivity (Wildman–Crippen MR) is 81.7 cm³/mol. The first-order valence-corrected chi connectivity index (χ1v) is 7.58. The monoisotopic (exact) mass is 380 g/mol. The van der Waals surface area contributed by atoms with Gasteiger partial charge in [0.2, 0.25) is 17.2 Å². The molecule has 1 fully saturated rings. The highest BCUT2D eigenvalue weighted by atomic mass is 35.6. The molecule has 0 spiro atoms. The van der Waals surface area contributed by atoms with Crippen LogP contribution in [0.2, 0.25) is 0 Å². The largest absolute Gasteiger partial charge is 0.479 e. The first-order chi connectivity index (χ1) is 10.6. The number of halogens is 3. The van der Waals surface area contributed by atoms with Crippen molar-refractivity contribution in [2.75, 3.05) is 6.54 Å². The van der Waals surface area contributed by atoms with E-state index in [-0.39, 0.29) is 12.2 Å². The van der Waals surface area contributed by atoms with Gasteiger partial charge in [-0.15, -0.1) is 0 Å². The van der Waals surface area contributed by atoms with Crippen molar-refractivity contribution in [1.82, 2.24) is 9.47 Å². The van der Waals surface area contributed by atoms with Crippen LogP contribution in [-0.4, -0.2) is 48.5 Å². The summed E-state index contributed by atoms with van der Waals surface area (Å²) in [6.45, 7) is 1.55. The number of Topliss-reactive ketones (excluding diaryl/α,β-unsaturated/α-hetero) is 1. The fourth-order valence-corrected chi connectivity index (χ4v) is 2.84. The zero-order valence-electron chi connectivity index (χ0n) is 11.8. The molecule has 1 saturated heterocycles. The first-order valence-electron chi connectivity index (χ1n) is 6.45. The molecule has 1 aromatic heterocycles. The molecule has 1 aromatic rings. The summed E-state index contributed by atoms with van der Waals surface area (Å²) >= 11 is 16.7. The number of hydrogen-bond acceptors (Lipinski definition) is 4. The minimum absolute atomic E-state index is 0.0156. The van der Waals surface area contributed by atoms with Gasteiger partial charge in [0.25, 0.3) is 9.70 Å². The number of carbonyl (C=O) groups excluding carboxylic acids is 3. The van der Waals surface area contributed by atoms with E-state index in [1.54, 1.807) is 0 Å². The summed E-state index contributed by atoms with van der Waals surface area (Å²) in [7, 11) is 0. The zero-order chi connectivity index (χ0) is 17.6. The second-order valence-electron chi connectivity index (χ2n) is 4.88. The van der Waals surface area contributed by atoms with Crippen LogP contribution in [0.3, 0.4) is 0 Å². The van der Waals surface area contributed by atoms with Crippen molar-refractivity contribution in [3.63, 3.8) is 0 Å². The number of likely N-dealkylation sites (N-methyl/N-ethyl adjacent to an activating group) is 1. The fraction of sp³-hybridized carbons (Fsp3) is 0.385. The van der Waals surface area contributed by atoms with E-state index in [1.807, 2.05) is 0 Å². The minimum atomic E-state index is -2.33. The zero-order valence-corrected chi connectivity index (χ0v) is 14.0. The molecule has 0 aromatic carbocycles. The summed E-state index contributed by atoms with van der Waals surface area (Å²) in [5.41, 5.74) is -2.55. The van der Waals surface area contributed by atoms with Gasteiger partial charge in [0, 0.05) is 12.7 Å². The molecule has 1 N–H and O–H groups in total. The Morgan fingerprint density at radius 1 is 1.35 bits per heavy atom. The molecule has 0 radical (unpaired) electrons. The summed E-state index contributed by atoms with van der Waals surface area (Å²) in [5, 5.41) is 9.62. The molecule has 7 nitrogen and oxygen atoms in total. The number of likely N-dealkylation sites (tertiary alicyclic amines) is 1. The number of amides is 2. The Hall–Kier alpha value is -1.57. The topological polar surface area (TPSA) is 96.7 Å². The molecule has 0 saturated carbocycles. The van der Waals surface area contributed by atoms with Gasteiger partial charge in [-0.2, -0.15) is 0 Å². The van der Waals surface area contributed by atoms with E-state index in [4.69, 9.17) is 34.8 Å². The number of hydrogen-bond donors (Lipinski definition) is 1. The number of alkyl halides is 3. The maximum Gasteiger partial charge on any atom is 0.340 e. The molecule has 0 bridgehead atoms. The van der Waals surface area contributed by atoms with Crippen LogP contribution in [0.1, 0.15) is 23.8 Å². The lowest BCUT2D eigenvalue weighted by atomic mass is 9.96. The number of carboxylic acid groups (broad SMARTS) is 1. The van der Waals surface area contributed by atoms with Crippen molar-refractivity contribution in [3.8, 4) is 0 Å². The van der Waals surface area contributed by atoms with Crippen molar-refractivity contribution >= 4 is 58.4 Å². The number of ketones is 1. The molecule has 10 heteroatoms. The quantitative estimate of drug-likeness (QED) is 0.370. The van der Waals surface area contributed by atoms with E-state index in [2.05, 4.69) is 0 Å². The van der Waals surface area contributed by atoms with Crippen molar-refractivity contribution < 1.29 is 24.3 Å². The molecule has 23 heavy (non-hydrogen) atoms. The van der Waals surface area contributed by atoms with Gasteiger partial charge >= 0.3 is 5.97 Å². The van der Waals surface area contributed by atoms with Crippen LogP contribution in [0, 0.1) is 0 Å². The van der Waals surface area contributed by atoms with E-state index >= 15 is 0 Å². The van der Waals surface area contributed by atoms with Crippen molar-refractivity contribution in [2.45, 2.75) is 22.7 Å². The number of carbonyl (C=O) groups is 4. The van der Waals surface area contributed by atoms with Gasteiger partial charge in [0.1, 0.15) is 0 Å². The summed E-state index contributed by atoms with van der Waals surface area (Å²) in [6, 6.07) is 2.56. The first kappa shape index (κ1) is 17.8. The van der Waals surface area contributed by atoms with E-state index < -0.39 is 39.3 Å². The third kappa shape index (κ3) is 2.62. The molecular formula is C13H11Cl3N2O5. The van der Waals surface area contributed by atoms with E-state index in [0.29, 0.717) is 0 Å². The predicted octanol–water partition coefficient (Wildman–Crippen LogP) is 1.60. The molecule has 0 aliphatic carbocycles. The van der Waals surface area contributed by atoms with Crippen molar-refractivity contribution in [3.05, 3.63) is 24.0 Å². The number of aliphatic carboxylic acids is 1. The molecular weight excluding hydrogens is 371 g/mol. The lowest BCUT2D eigenvalue weighted by Gasteiger charge is -2.26. The van der Waals surface area contributed by atoms with E-state index in [9.17, 15) is 24.3 Å².